The maximum atomic E-state index is 13.2. The van der Waals surface area contributed by atoms with Crippen molar-refractivity contribution >= 4 is 27.5 Å². The van der Waals surface area contributed by atoms with Crippen LogP contribution in [-0.2, 0) is 6.18 Å². The lowest BCUT2D eigenvalue weighted by molar-refractivity contribution is -0.136. The molecule has 112 valence electrons. The Labute approximate surface area is 126 Å². The number of hydrogen-bond donors (Lipinski definition) is 1. The number of benzene rings is 1. The minimum Gasteiger partial charge on any atom is -0.477 e. The van der Waals surface area contributed by atoms with E-state index in [0.717, 1.165) is 0 Å². The van der Waals surface area contributed by atoms with Crippen LogP contribution in [0.25, 0.3) is 21.5 Å². The molecule has 0 fully saturated rings. The fourth-order valence-electron chi connectivity index (χ4n) is 2.16. The fourth-order valence-corrected chi connectivity index (χ4v) is 3.16. The second-order valence-electron chi connectivity index (χ2n) is 4.52. The summed E-state index contributed by atoms with van der Waals surface area (Å²) in [5.74, 6) is -1.60. The number of halogens is 3. The summed E-state index contributed by atoms with van der Waals surface area (Å²) in [6.07, 6.45) is -4.77. The number of aromatic carboxylic acids is 1. The van der Waals surface area contributed by atoms with E-state index in [4.69, 9.17) is 5.11 Å². The first-order valence-corrected chi connectivity index (χ1v) is 6.99. The molecule has 0 amide bonds. The average molecular weight is 323 g/mol. The van der Waals surface area contributed by atoms with Crippen LogP contribution >= 0.6 is 11.3 Å². The molecule has 0 saturated carbocycles. The predicted octanol–water partition coefficient (Wildman–Crippen LogP) is 4.68. The van der Waals surface area contributed by atoms with Gasteiger partial charge in [0.25, 0.3) is 0 Å². The molecular weight excluding hydrogens is 315 g/mol. The molecule has 2 heterocycles. The van der Waals surface area contributed by atoms with E-state index in [1.807, 2.05) is 0 Å². The number of aromatic nitrogens is 1. The van der Waals surface area contributed by atoms with Crippen LogP contribution in [0.4, 0.5) is 13.2 Å². The van der Waals surface area contributed by atoms with E-state index >= 15 is 0 Å². The standard InChI is InChI=1S/C15H8F3NO2S/c16-15(17,18)11-12-10(22-13(11)14(20)21)7-6-9(19-12)8-4-2-1-3-5-8/h1-7H,(H,20,21). The predicted molar refractivity (Wildman–Crippen MR) is 77.0 cm³/mol. The molecule has 7 heteroatoms. The highest BCUT2D eigenvalue weighted by molar-refractivity contribution is 7.21. The van der Waals surface area contributed by atoms with E-state index in [1.165, 1.54) is 6.07 Å². The van der Waals surface area contributed by atoms with Crippen molar-refractivity contribution in [1.82, 2.24) is 4.98 Å². The number of hydrogen-bond acceptors (Lipinski definition) is 3. The van der Waals surface area contributed by atoms with Gasteiger partial charge in [0.2, 0.25) is 0 Å². The van der Waals surface area contributed by atoms with Crippen molar-refractivity contribution in [3.05, 3.63) is 52.9 Å². The molecule has 22 heavy (non-hydrogen) atoms. The topological polar surface area (TPSA) is 50.2 Å². The molecule has 0 radical (unpaired) electrons. The smallest absolute Gasteiger partial charge is 0.420 e. The monoisotopic (exact) mass is 323 g/mol. The van der Waals surface area contributed by atoms with Gasteiger partial charge < -0.3 is 5.11 Å². The van der Waals surface area contributed by atoms with E-state index in [2.05, 4.69) is 4.98 Å². The van der Waals surface area contributed by atoms with Gasteiger partial charge in [0, 0.05) is 5.56 Å². The van der Waals surface area contributed by atoms with Gasteiger partial charge in [-0.15, -0.1) is 11.3 Å². The number of carbonyl (C=O) groups is 1. The molecule has 3 rings (SSSR count). The van der Waals surface area contributed by atoms with Crippen molar-refractivity contribution in [2.45, 2.75) is 6.18 Å². The molecule has 1 N–H and O–H groups in total. The first kappa shape index (κ1) is 14.5. The quantitative estimate of drug-likeness (QED) is 0.745. The highest BCUT2D eigenvalue weighted by atomic mass is 32.1. The molecule has 0 aliphatic heterocycles. The van der Waals surface area contributed by atoms with Crippen LogP contribution in [0.5, 0.6) is 0 Å². The van der Waals surface area contributed by atoms with Crippen LogP contribution in [0, 0.1) is 0 Å². The van der Waals surface area contributed by atoms with Crippen molar-refractivity contribution in [3.63, 3.8) is 0 Å². The van der Waals surface area contributed by atoms with Crippen LogP contribution in [-0.4, -0.2) is 16.1 Å². The Hall–Kier alpha value is -2.41. The van der Waals surface area contributed by atoms with Gasteiger partial charge in [-0.05, 0) is 12.1 Å². The Bertz CT molecular complexity index is 856. The van der Waals surface area contributed by atoms with Crippen molar-refractivity contribution in [2.75, 3.05) is 0 Å². The van der Waals surface area contributed by atoms with E-state index in [0.29, 0.717) is 22.6 Å². The zero-order valence-electron chi connectivity index (χ0n) is 10.9. The Kier molecular flexibility index (Phi) is 3.37. The maximum absolute atomic E-state index is 13.2. The van der Waals surface area contributed by atoms with Gasteiger partial charge in [0.05, 0.1) is 15.9 Å². The molecule has 2 aromatic heterocycles. The highest BCUT2D eigenvalue weighted by Crippen LogP contribution is 2.42. The van der Waals surface area contributed by atoms with Gasteiger partial charge in [-0.2, -0.15) is 13.2 Å². The molecule has 3 nitrogen and oxygen atoms in total. The van der Waals surface area contributed by atoms with Crippen molar-refractivity contribution in [2.24, 2.45) is 0 Å². The van der Waals surface area contributed by atoms with Gasteiger partial charge in [-0.1, -0.05) is 30.3 Å². The molecule has 0 atom stereocenters. The summed E-state index contributed by atoms with van der Waals surface area (Å²) in [6, 6.07) is 11.8. The third kappa shape index (κ3) is 2.43. The Balaban J connectivity index is 2.30. The second kappa shape index (κ2) is 5.10. The van der Waals surface area contributed by atoms with E-state index in [-0.39, 0.29) is 10.2 Å². The Morgan fingerprint density at radius 1 is 1.09 bits per heavy atom. The summed E-state index contributed by atoms with van der Waals surface area (Å²) in [6.45, 7) is 0. The number of nitrogens with zero attached hydrogens (tertiary/aromatic N) is 1. The molecule has 1 aromatic carbocycles. The number of thiophene rings is 1. The van der Waals surface area contributed by atoms with Crippen LogP contribution < -0.4 is 0 Å². The third-order valence-electron chi connectivity index (χ3n) is 3.08. The number of alkyl halides is 3. The summed E-state index contributed by atoms with van der Waals surface area (Å²) in [4.78, 5) is 14.4. The first-order valence-electron chi connectivity index (χ1n) is 6.17. The number of rotatable bonds is 2. The summed E-state index contributed by atoms with van der Waals surface area (Å²) in [7, 11) is 0. The Morgan fingerprint density at radius 3 is 2.36 bits per heavy atom. The maximum Gasteiger partial charge on any atom is 0.420 e. The summed E-state index contributed by atoms with van der Waals surface area (Å²) < 4.78 is 39.8. The van der Waals surface area contributed by atoms with Crippen molar-refractivity contribution in [1.29, 1.82) is 0 Å². The molecular formula is C15H8F3NO2S. The second-order valence-corrected chi connectivity index (χ2v) is 5.57. The zero-order chi connectivity index (χ0) is 15.9. The molecule has 3 aromatic rings. The molecule has 0 unspecified atom stereocenters. The molecule has 0 aliphatic carbocycles. The normalized spacial score (nSPS) is 11.8. The molecule has 0 aliphatic rings. The minimum atomic E-state index is -4.77. The minimum absolute atomic E-state index is 0.199. The van der Waals surface area contributed by atoms with Gasteiger partial charge in [-0.3, -0.25) is 0 Å². The molecule has 0 spiro atoms. The average Bonchev–Trinajstić information content (AvgIpc) is 2.87. The molecule has 0 saturated heterocycles. The lowest BCUT2D eigenvalue weighted by atomic mass is 10.1. The van der Waals surface area contributed by atoms with E-state index in [9.17, 15) is 18.0 Å². The lowest BCUT2D eigenvalue weighted by Gasteiger charge is -2.07. The van der Waals surface area contributed by atoms with Gasteiger partial charge >= 0.3 is 12.1 Å². The van der Waals surface area contributed by atoms with Crippen LogP contribution in [0.1, 0.15) is 15.2 Å². The molecule has 0 bridgehead atoms. The number of carboxylic acids is 1. The van der Waals surface area contributed by atoms with Crippen LogP contribution in [0.15, 0.2) is 42.5 Å². The number of carboxylic acid groups (broad SMARTS) is 1. The van der Waals surface area contributed by atoms with Gasteiger partial charge in [0.1, 0.15) is 10.4 Å². The van der Waals surface area contributed by atoms with Crippen LogP contribution in [0.3, 0.4) is 0 Å². The number of fused-ring (bicyclic) bond motifs is 1. The fraction of sp³-hybridized carbons (Fsp3) is 0.0667. The first-order chi connectivity index (χ1) is 10.4. The van der Waals surface area contributed by atoms with Gasteiger partial charge in [0.15, 0.2) is 0 Å². The SMILES string of the molecule is O=C(O)c1sc2ccc(-c3ccccc3)nc2c1C(F)(F)F. The van der Waals surface area contributed by atoms with Crippen molar-refractivity contribution < 1.29 is 23.1 Å². The Morgan fingerprint density at radius 2 is 1.77 bits per heavy atom. The van der Waals surface area contributed by atoms with E-state index < -0.39 is 22.6 Å². The van der Waals surface area contributed by atoms with Crippen molar-refractivity contribution in [3.8, 4) is 11.3 Å². The lowest BCUT2D eigenvalue weighted by Crippen LogP contribution is -2.10. The summed E-state index contributed by atoms with van der Waals surface area (Å²) in [5.41, 5.74) is -0.469. The van der Waals surface area contributed by atoms with Gasteiger partial charge in [-0.25, -0.2) is 9.78 Å². The summed E-state index contributed by atoms with van der Waals surface area (Å²) in [5, 5.41) is 9.00. The summed E-state index contributed by atoms with van der Waals surface area (Å²) >= 11 is 0.581. The van der Waals surface area contributed by atoms with E-state index in [1.54, 1.807) is 36.4 Å². The zero-order valence-corrected chi connectivity index (χ0v) is 11.7. The number of pyridine rings is 1. The highest BCUT2D eigenvalue weighted by Gasteiger charge is 2.40. The van der Waals surface area contributed by atoms with Crippen LogP contribution in [0.2, 0.25) is 0 Å². The third-order valence-corrected chi connectivity index (χ3v) is 4.21. The largest absolute Gasteiger partial charge is 0.477 e.